The van der Waals surface area contributed by atoms with E-state index in [0.717, 1.165) is 6.07 Å². The summed E-state index contributed by atoms with van der Waals surface area (Å²) >= 11 is 0. The second kappa shape index (κ2) is 5.97. The lowest BCUT2D eigenvalue weighted by Crippen LogP contribution is -2.10. The van der Waals surface area contributed by atoms with Gasteiger partial charge >= 0.3 is 5.97 Å². The number of hydrogen-bond donors (Lipinski definition) is 1. The fraction of sp³-hybridized carbons (Fsp3) is 0.333. The van der Waals surface area contributed by atoms with Crippen LogP contribution in [0, 0.1) is 17.1 Å². The SMILES string of the molecule is CCOC(=O)Cc1cc(C#N)c(F)cc1CO. The number of nitrogens with zero attached hydrogens (tertiary/aromatic N) is 1. The van der Waals surface area contributed by atoms with Gasteiger partial charge in [0.15, 0.2) is 0 Å². The maximum absolute atomic E-state index is 13.3. The van der Waals surface area contributed by atoms with Crippen molar-refractivity contribution in [3.05, 3.63) is 34.6 Å². The van der Waals surface area contributed by atoms with Gasteiger partial charge in [0.25, 0.3) is 0 Å². The average Bonchev–Trinajstić information content (AvgIpc) is 2.31. The minimum absolute atomic E-state index is 0.0846. The standard InChI is InChI=1S/C12H12FNO3/c1-2-17-12(16)5-8-3-9(6-14)11(13)4-10(8)7-15/h3-4,15H,2,5,7H2,1H3. The number of rotatable bonds is 4. The molecule has 1 N–H and O–H groups in total. The number of carbonyl (C=O) groups excluding carboxylic acids is 1. The molecule has 0 fully saturated rings. The van der Waals surface area contributed by atoms with Crippen LogP contribution in [0.15, 0.2) is 12.1 Å². The first kappa shape index (κ1) is 13.1. The molecule has 1 aromatic carbocycles. The Kier molecular flexibility index (Phi) is 4.61. The Hall–Kier alpha value is -1.93. The molecule has 1 aromatic rings. The van der Waals surface area contributed by atoms with Gasteiger partial charge in [0.2, 0.25) is 0 Å². The molecule has 0 heterocycles. The number of halogens is 1. The molecule has 17 heavy (non-hydrogen) atoms. The first-order valence-electron chi connectivity index (χ1n) is 5.10. The van der Waals surface area contributed by atoms with E-state index >= 15 is 0 Å². The highest BCUT2D eigenvalue weighted by molar-refractivity contribution is 5.73. The fourth-order valence-electron chi connectivity index (χ4n) is 1.42. The normalized spacial score (nSPS) is 9.76. The van der Waals surface area contributed by atoms with E-state index in [2.05, 4.69) is 0 Å². The summed E-state index contributed by atoms with van der Waals surface area (Å²) in [6, 6.07) is 4.01. The lowest BCUT2D eigenvalue weighted by Gasteiger charge is -2.08. The lowest BCUT2D eigenvalue weighted by atomic mass is 10.0. The number of carbonyl (C=O) groups is 1. The fourth-order valence-corrected chi connectivity index (χ4v) is 1.42. The highest BCUT2D eigenvalue weighted by Crippen LogP contribution is 2.17. The summed E-state index contributed by atoms with van der Waals surface area (Å²) < 4.78 is 18.0. The van der Waals surface area contributed by atoms with Gasteiger partial charge in [-0.1, -0.05) is 0 Å². The molecule has 0 saturated heterocycles. The highest BCUT2D eigenvalue weighted by atomic mass is 19.1. The summed E-state index contributed by atoms with van der Waals surface area (Å²) in [4.78, 5) is 11.3. The Morgan fingerprint density at radius 1 is 1.53 bits per heavy atom. The van der Waals surface area contributed by atoms with Crippen molar-refractivity contribution < 1.29 is 19.0 Å². The second-order valence-electron chi connectivity index (χ2n) is 3.35. The van der Waals surface area contributed by atoms with Crippen LogP contribution in [-0.4, -0.2) is 17.7 Å². The van der Waals surface area contributed by atoms with Crippen molar-refractivity contribution in [1.29, 1.82) is 5.26 Å². The maximum Gasteiger partial charge on any atom is 0.310 e. The molecule has 0 aliphatic carbocycles. The minimum Gasteiger partial charge on any atom is -0.466 e. The summed E-state index contributed by atoms with van der Waals surface area (Å²) in [5.74, 6) is -1.18. The molecule has 1 rings (SSSR count). The van der Waals surface area contributed by atoms with Crippen molar-refractivity contribution in [3.63, 3.8) is 0 Å². The molecule has 0 spiro atoms. The van der Waals surface area contributed by atoms with Gasteiger partial charge in [0.1, 0.15) is 11.9 Å². The van der Waals surface area contributed by atoms with Gasteiger partial charge in [0.05, 0.1) is 25.2 Å². The summed E-state index contributed by atoms with van der Waals surface area (Å²) in [6.45, 7) is 1.53. The van der Waals surface area contributed by atoms with Crippen molar-refractivity contribution >= 4 is 5.97 Å². The number of esters is 1. The number of benzene rings is 1. The molecule has 0 amide bonds. The largest absolute Gasteiger partial charge is 0.466 e. The van der Waals surface area contributed by atoms with Crippen LogP contribution in [0.2, 0.25) is 0 Å². The molecular formula is C12H12FNO3. The molecule has 0 aliphatic heterocycles. The first-order valence-corrected chi connectivity index (χ1v) is 5.10. The van der Waals surface area contributed by atoms with Crippen LogP contribution in [0.5, 0.6) is 0 Å². The van der Waals surface area contributed by atoms with E-state index in [1.807, 2.05) is 0 Å². The average molecular weight is 237 g/mol. The number of aliphatic hydroxyl groups is 1. The molecule has 90 valence electrons. The summed E-state index contributed by atoms with van der Waals surface area (Å²) in [7, 11) is 0. The van der Waals surface area contributed by atoms with Gasteiger partial charge in [-0.3, -0.25) is 4.79 Å². The van der Waals surface area contributed by atoms with E-state index in [1.165, 1.54) is 6.07 Å². The molecule has 0 unspecified atom stereocenters. The first-order chi connectivity index (χ1) is 8.12. The quantitative estimate of drug-likeness (QED) is 0.801. The van der Waals surface area contributed by atoms with Crippen molar-refractivity contribution in [3.8, 4) is 6.07 Å². The maximum atomic E-state index is 13.3. The number of ether oxygens (including phenoxy) is 1. The predicted molar refractivity (Wildman–Crippen MR) is 57.4 cm³/mol. The Labute approximate surface area is 98.2 Å². The van der Waals surface area contributed by atoms with Gasteiger partial charge in [-0.25, -0.2) is 4.39 Å². The summed E-state index contributed by atoms with van der Waals surface area (Å²) in [6.07, 6.45) is -0.0846. The van der Waals surface area contributed by atoms with Crippen LogP contribution >= 0.6 is 0 Å². The van der Waals surface area contributed by atoms with Gasteiger partial charge in [0, 0.05) is 0 Å². The molecule has 0 atom stereocenters. The van der Waals surface area contributed by atoms with E-state index < -0.39 is 18.4 Å². The van der Waals surface area contributed by atoms with E-state index in [4.69, 9.17) is 15.1 Å². The van der Waals surface area contributed by atoms with Gasteiger partial charge in [-0.15, -0.1) is 0 Å². The van der Waals surface area contributed by atoms with Gasteiger partial charge in [-0.2, -0.15) is 5.26 Å². The number of hydrogen-bond acceptors (Lipinski definition) is 4. The third kappa shape index (κ3) is 3.26. The third-order valence-electron chi connectivity index (χ3n) is 2.22. The Balaban J connectivity index is 3.05. The zero-order valence-corrected chi connectivity index (χ0v) is 9.36. The van der Waals surface area contributed by atoms with Crippen molar-refractivity contribution in [2.45, 2.75) is 20.0 Å². The summed E-state index contributed by atoms with van der Waals surface area (Å²) in [5.41, 5.74) is 0.542. The van der Waals surface area contributed by atoms with Crippen molar-refractivity contribution in [2.75, 3.05) is 6.61 Å². The number of aliphatic hydroxyl groups excluding tert-OH is 1. The van der Waals surface area contributed by atoms with Crippen LogP contribution in [0.4, 0.5) is 4.39 Å². The zero-order chi connectivity index (χ0) is 12.8. The van der Waals surface area contributed by atoms with E-state index in [0.29, 0.717) is 5.56 Å². The molecule has 4 nitrogen and oxygen atoms in total. The van der Waals surface area contributed by atoms with E-state index in [9.17, 15) is 9.18 Å². The monoisotopic (exact) mass is 237 g/mol. The molecule has 0 saturated carbocycles. The summed E-state index contributed by atoms with van der Waals surface area (Å²) in [5, 5.41) is 17.7. The molecule has 5 heteroatoms. The van der Waals surface area contributed by atoms with Crippen LogP contribution in [-0.2, 0) is 22.6 Å². The van der Waals surface area contributed by atoms with Crippen molar-refractivity contribution in [2.24, 2.45) is 0 Å². The Morgan fingerprint density at radius 3 is 2.76 bits per heavy atom. The van der Waals surface area contributed by atoms with E-state index in [1.54, 1.807) is 13.0 Å². The third-order valence-corrected chi connectivity index (χ3v) is 2.22. The molecule has 0 bridgehead atoms. The Morgan fingerprint density at radius 2 is 2.24 bits per heavy atom. The smallest absolute Gasteiger partial charge is 0.310 e. The van der Waals surface area contributed by atoms with Crippen LogP contribution in [0.1, 0.15) is 23.6 Å². The molecule has 0 aromatic heterocycles. The zero-order valence-electron chi connectivity index (χ0n) is 9.36. The topological polar surface area (TPSA) is 70.3 Å². The predicted octanol–water partition coefficient (Wildman–Crippen LogP) is 1.30. The van der Waals surface area contributed by atoms with Crippen LogP contribution < -0.4 is 0 Å². The lowest BCUT2D eigenvalue weighted by molar-refractivity contribution is -0.142. The minimum atomic E-state index is -0.704. The molecular weight excluding hydrogens is 225 g/mol. The Bertz CT molecular complexity index is 466. The van der Waals surface area contributed by atoms with Gasteiger partial charge in [-0.05, 0) is 30.2 Å². The second-order valence-corrected chi connectivity index (χ2v) is 3.35. The van der Waals surface area contributed by atoms with Crippen LogP contribution in [0.25, 0.3) is 0 Å². The highest BCUT2D eigenvalue weighted by Gasteiger charge is 2.12. The van der Waals surface area contributed by atoms with E-state index in [-0.39, 0.29) is 24.2 Å². The van der Waals surface area contributed by atoms with Crippen molar-refractivity contribution in [1.82, 2.24) is 0 Å². The molecule has 0 aliphatic rings. The molecule has 0 radical (unpaired) electrons. The van der Waals surface area contributed by atoms with Crippen LogP contribution in [0.3, 0.4) is 0 Å². The number of nitriles is 1. The van der Waals surface area contributed by atoms with Gasteiger partial charge < -0.3 is 9.84 Å².